The predicted octanol–water partition coefficient (Wildman–Crippen LogP) is 4.33. The van der Waals surface area contributed by atoms with Crippen molar-refractivity contribution in [1.29, 1.82) is 0 Å². The minimum Gasteiger partial charge on any atom is -0.366 e. The van der Waals surface area contributed by atoms with Crippen LogP contribution in [0.1, 0.15) is 28.5 Å². The quantitative estimate of drug-likeness (QED) is 0.734. The van der Waals surface area contributed by atoms with Crippen LogP contribution >= 0.6 is 11.6 Å². The van der Waals surface area contributed by atoms with Gasteiger partial charge in [0.05, 0.1) is 0 Å². The van der Waals surface area contributed by atoms with Crippen LogP contribution < -0.4 is 10.2 Å². The molecule has 0 bridgehead atoms. The van der Waals surface area contributed by atoms with Gasteiger partial charge in [-0.3, -0.25) is 4.79 Å². The van der Waals surface area contributed by atoms with Gasteiger partial charge in [-0.1, -0.05) is 48.0 Å². The third-order valence-corrected chi connectivity index (χ3v) is 5.10. The van der Waals surface area contributed by atoms with E-state index in [1.54, 1.807) is 6.07 Å². The topological polar surface area (TPSA) is 58.1 Å². The summed E-state index contributed by atoms with van der Waals surface area (Å²) in [5, 5.41) is 3.90. The van der Waals surface area contributed by atoms with E-state index >= 15 is 0 Å². The van der Waals surface area contributed by atoms with Crippen LogP contribution in [-0.2, 0) is 13.0 Å². The SMILES string of the molecule is CC1Cc2ccccc2N1C(=O)c1cc(NCc2ccccc2Cl)ncn1. The fourth-order valence-corrected chi connectivity index (χ4v) is 3.60. The number of nitrogens with zero attached hydrogens (tertiary/aromatic N) is 3. The number of carbonyl (C=O) groups is 1. The number of aromatic nitrogens is 2. The van der Waals surface area contributed by atoms with Crippen molar-refractivity contribution in [3.05, 3.63) is 82.8 Å². The number of amides is 1. The highest BCUT2D eigenvalue weighted by Gasteiger charge is 2.31. The molecule has 0 aliphatic carbocycles. The van der Waals surface area contributed by atoms with Gasteiger partial charge in [0.15, 0.2) is 0 Å². The number of rotatable bonds is 4. The Morgan fingerprint density at radius 2 is 1.96 bits per heavy atom. The smallest absolute Gasteiger partial charge is 0.277 e. The lowest BCUT2D eigenvalue weighted by Gasteiger charge is -2.22. The first-order chi connectivity index (χ1) is 13.1. The van der Waals surface area contributed by atoms with Crippen LogP contribution in [0, 0.1) is 0 Å². The van der Waals surface area contributed by atoms with Gasteiger partial charge >= 0.3 is 0 Å². The molecule has 0 saturated carbocycles. The van der Waals surface area contributed by atoms with E-state index in [0.29, 0.717) is 23.1 Å². The molecular formula is C21H19ClN4O. The normalized spacial score (nSPS) is 15.5. The number of hydrogen-bond acceptors (Lipinski definition) is 4. The van der Waals surface area contributed by atoms with Gasteiger partial charge in [-0.25, -0.2) is 9.97 Å². The maximum Gasteiger partial charge on any atom is 0.277 e. The molecule has 136 valence electrons. The lowest BCUT2D eigenvalue weighted by Crippen LogP contribution is -2.36. The third kappa shape index (κ3) is 3.51. The minimum absolute atomic E-state index is 0.101. The van der Waals surface area contributed by atoms with Crippen molar-refractivity contribution in [2.24, 2.45) is 0 Å². The molecule has 1 N–H and O–H groups in total. The van der Waals surface area contributed by atoms with Crippen molar-refractivity contribution in [2.45, 2.75) is 25.9 Å². The summed E-state index contributed by atoms with van der Waals surface area (Å²) in [6, 6.07) is 17.4. The predicted molar refractivity (Wildman–Crippen MR) is 107 cm³/mol. The molecule has 4 rings (SSSR count). The number of para-hydroxylation sites is 1. The molecular weight excluding hydrogens is 360 g/mol. The number of fused-ring (bicyclic) bond motifs is 1. The maximum atomic E-state index is 13.1. The van der Waals surface area contributed by atoms with E-state index in [2.05, 4.69) is 28.3 Å². The molecule has 2 aromatic carbocycles. The highest BCUT2D eigenvalue weighted by molar-refractivity contribution is 6.31. The van der Waals surface area contributed by atoms with Gasteiger partial charge in [-0.2, -0.15) is 0 Å². The summed E-state index contributed by atoms with van der Waals surface area (Å²) >= 11 is 6.19. The largest absolute Gasteiger partial charge is 0.366 e. The molecule has 27 heavy (non-hydrogen) atoms. The second kappa shape index (κ2) is 7.37. The summed E-state index contributed by atoms with van der Waals surface area (Å²) in [5.41, 5.74) is 3.48. The Morgan fingerprint density at radius 3 is 2.81 bits per heavy atom. The average molecular weight is 379 g/mol. The average Bonchev–Trinajstić information content (AvgIpc) is 3.02. The number of halogens is 1. The zero-order chi connectivity index (χ0) is 18.8. The van der Waals surface area contributed by atoms with Crippen LogP contribution in [0.2, 0.25) is 5.02 Å². The summed E-state index contributed by atoms with van der Waals surface area (Å²) in [4.78, 5) is 23.3. The van der Waals surface area contributed by atoms with Gasteiger partial charge < -0.3 is 10.2 Å². The van der Waals surface area contributed by atoms with Gasteiger partial charge in [0.2, 0.25) is 0 Å². The Hall–Kier alpha value is -2.92. The van der Waals surface area contributed by atoms with E-state index in [1.807, 2.05) is 47.4 Å². The van der Waals surface area contributed by atoms with Gasteiger partial charge in [-0.15, -0.1) is 0 Å². The summed E-state index contributed by atoms with van der Waals surface area (Å²) < 4.78 is 0. The molecule has 1 aromatic heterocycles. The Bertz CT molecular complexity index is 991. The molecule has 0 fully saturated rings. The first kappa shape index (κ1) is 17.5. The summed E-state index contributed by atoms with van der Waals surface area (Å²) in [6.45, 7) is 2.57. The summed E-state index contributed by atoms with van der Waals surface area (Å²) in [7, 11) is 0. The Kier molecular flexibility index (Phi) is 4.77. The molecule has 5 nitrogen and oxygen atoms in total. The molecule has 6 heteroatoms. The van der Waals surface area contributed by atoms with Crippen molar-refractivity contribution in [2.75, 3.05) is 10.2 Å². The molecule has 1 amide bonds. The highest BCUT2D eigenvalue weighted by Crippen LogP contribution is 2.32. The van der Waals surface area contributed by atoms with Crippen LogP contribution in [0.15, 0.2) is 60.9 Å². The molecule has 0 spiro atoms. The van der Waals surface area contributed by atoms with Crippen LogP contribution in [-0.4, -0.2) is 21.9 Å². The zero-order valence-corrected chi connectivity index (χ0v) is 15.6. The molecule has 0 radical (unpaired) electrons. The summed E-state index contributed by atoms with van der Waals surface area (Å²) in [5.74, 6) is 0.476. The molecule has 1 aliphatic heterocycles. The standard InChI is InChI=1S/C21H19ClN4O/c1-14-10-15-6-3-5-9-19(15)26(14)21(27)18-11-20(25-13-24-18)23-12-16-7-2-4-8-17(16)22/h2-9,11,13-14H,10,12H2,1H3,(H,23,24,25). The molecule has 1 unspecified atom stereocenters. The fraction of sp³-hybridized carbons (Fsp3) is 0.190. The van der Waals surface area contributed by atoms with Crippen molar-refractivity contribution >= 4 is 29.0 Å². The van der Waals surface area contributed by atoms with E-state index in [-0.39, 0.29) is 11.9 Å². The van der Waals surface area contributed by atoms with E-state index in [4.69, 9.17) is 11.6 Å². The van der Waals surface area contributed by atoms with E-state index in [9.17, 15) is 4.79 Å². The van der Waals surface area contributed by atoms with E-state index < -0.39 is 0 Å². The van der Waals surface area contributed by atoms with Crippen molar-refractivity contribution < 1.29 is 4.79 Å². The lowest BCUT2D eigenvalue weighted by atomic mass is 10.1. The van der Waals surface area contributed by atoms with E-state index in [1.165, 1.54) is 11.9 Å². The molecule has 3 aromatic rings. The van der Waals surface area contributed by atoms with Crippen molar-refractivity contribution in [1.82, 2.24) is 9.97 Å². The monoisotopic (exact) mass is 378 g/mol. The molecule has 2 heterocycles. The first-order valence-electron chi connectivity index (χ1n) is 8.84. The minimum atomic E-state index is -0.115. The maximum absolute atomic E-state index is 13.1. The first-order valence-corrected chi connectivity index (χ1v) is 9.22. The molecule has 0 saturated heterocycles. The van der Waals surface area contributed by atoms with Crippen LogP contribution in [0.3, 0.4) is 0 Å². The number of carbonyl (C=O) groups excluding carboxylic acids is 1. The molecule has 1 aliphatic rings. The molecule has 1 atom stereocenters. The van der Waals surface area contributed by atoms with Crippen molar-refractivity contribution in [3.63, 3.8) is 0 Å². The van der Waals surface area contributed by atoms with Crippen LogP contribution in [0.4, 0.5) is 11.5 Å². The van der Waals surface area contributed by atoms with E-state index in [0.717, 1.165) is 17.7 Å². The Balaban J connectivity index is 1.54. The van der Waals surface area contributed by atoms with Gasteiger partial charge in [0.25, 0.3) is 5.91 Å². The highest BCUT2D eigenvalue weighted by atomic mass is 35.5. The van der Waals surface area contributed by atoms with Gasteiger partial charge in [0, 0.05) is 29.4 Å². The third-order valence-electron chi connectivity index (χ3n) is 4.73. The second-order valence-corrected chi connectivity index (χ2v) is 7.00. The fourth-order valence-electron chi connectivity index (χ4n) is 3.40. The number of hydrogen-bond donors (Lipinski definition) is 1. The van der Waals surface area contributed by atoms with Gasteiger partial charge in [-0.05, 0) is 36.6 Å². The lowest BCUT2D eigenvalue weighted by molar-refractivity contribution is 0.0976. The van der Waals surface area contributed by atoms with Gasteiger partial charge in [0.1, 0.15) is 17.8 Å². The number of benzene rings is 2. The Morgan fingerprint density at radius 1 is 1.19 bits per heavy atom. The van der Waals surface area contributed by atoms with Crippen LogP contribution in [0.25, 0.3) is 0 Å². The van der Waals surface area contributed by atoms with Crippen molar-refractivity contribution in [3.8, 4) is 0 Å². The number of nitrogens with one attached hydrogen (secondary N) is 1. The number of anilines is 2. The Labute approximate surface area is 163 Å². The van der Waals surface area contributed by atoms with Crippen LogP contribution in [0.5, 0.6) is 0 Å². The summed E-state index contributed by atoms with van der Waals surface area (Å²) in [6.07, 6.45) is 2.26. The second-order valence-electron chi connectivity index (χ2n) is 6.59. The zero-order valence-electron chi connectivity index (χ0n) is 14.9.